The Bertz CT molecular complexity index is 778. The number of hydrogen-bond acceptors (Lipinski definition) is 4. The number of carbonyl (C=O) groups is 2. The van der Waals surface area contributed by atoms with E-state index in [9.17, 15) is 9.59 Å². The summed E-state index contributed by atoms with van der Waals surface area (Å²) in [6, 6.07) is 12.7. The molecule has 2 aromatic carbocycles. The van der Waals surface area contributed by atoms with Crippen LogP contribution in [0, 0.1) is 6.92 Å². The maximum absolute atomic E-state index is 12.1. The van der Waals surface area contributed by atoms with Gasteiger partial charge in [-0.25, -0.2) is 0 Å². The first-order chi connectivity index (χ1) is 12.4. The molecule has 0 aliphatic heterocycles. The number of nitrogens with one attached hydrogen (secondary N) is 2. The van der Waals surface area contributed by atoms with E-state index in [1.165, 1.54) is 0 Å². The van der Waals surface area contributed by atoms with Crippen molar-refractivity contribution in [3.63, 3.8) is 0 Å². The molecule has 0 saturated carbocycles. The molecular formula is C19H22BrN3O3. The summed E-state index contributed by atoms with van der Waals surface area (Å²) < 4.78 is 6.07. The number of carbonyl (C=O) groups excluding carboxylic acids is 2. The third-order valence-electron chi connectivity index (χ3n) is 3.64. The summed E-state index contributed by atoms with van der Waals surface area (Å²) in [7, 11) is 3.31. The highest BCUT2D eigenvalue weighted by atomic mass is 79.9. The molecular weight excluding hydrogens is 398 g/mol. The molecule has 2 amide bonds. The minimum Gasteiger partial charge on any atom is -0.497 e. The quantitative estimate of drug-likeness (QED) is 0.722. The van der Waals surface area contributed by atoms with Crippen molar-refractivity contribution in [1.29, 1.82) is 0 Å². The summed E-state index contributed by atoms with van der Waals surface area (Å²) >= 11 is 3.43. The van der Waals surface area contributed by atoms with E-state index in [0.717, 1.165) is 21.5 Å². The zero-order valence-corrected chi connectivity index (χ0v) is 16.6. The number of methoxy groups -OCH3 is 1. The van der Waals surface area contributed by atoms with Crippen molar-refractivity contribution < 1.29 is 14.3 Å². The molecule has 0 fully saturated rings. The van der Waals surface area contributed by atoms with E-state index in [-0.39, 0.29) is 24.9 Å². The molecule has 0 unspecified atom stereocenters. The number of rotatable bonds is 7. The predicted molar refractivity (Wildman–Crippen MR) is 107 cm³/mol. The van der Waals surface area contributed by atoms with Gasteiger partial charge in [-0.15, -0.1) is 0 Å². The van der Waals surface area contributed by atoms with Crippen molar-refractivity contribution in [2.75, 3.05) is 37.9 Å². The van der Waals surface area contributed by atoms with E-state index in [4.69, 9.17) is 4.74 Å². The van der Waals surface area contributed by atoms with E-state index in [1.807, 2.05) is 25.1 Å². The van der Waals surface area contributed by atoms with Crippen LogP contribution in [-0.4, -0.2) is 44.0 Å². The lowest BCUT2D eigenvalue weighted by Gasteiger charge is -2.16. The van der Waals surface area contributed by atoms with Crippen molar-refractivity contribution in [3.05, 3.63) is 52.5 Å². The van der Waals surface area contributed by atoms with Gasteiger partial charge >= 0.3 is 0 Å². The van der Waals surface area contributed by atoms with Crippen LogP contribution in [0.2, 0.25) is 0 Å². The van der Waals surface area contributed by atoms with E-state index in [0.29, 0.717) is 5.69 Å². The number of ether oxygens (including phenoxy) is 1. The van der Waals surface area contributed by atoms with E-state index >= 15 is 0 Å². The van der Waals surface area contributed by atoms with Gasteiger partial charge in [0.2, 0.25) is 11.8 Å². The molecule has 2 rings (SSSR count). The molecule has 6 nitrogen and oxygen atoms in total. The highest BCUT2D eigenvalue weighted by Gasteiger charge is 2.11. The van der Waals surface area contributed by atoms with Crippen LogP contribution < -0.4 is 15.4 Å². The van der Waals surface area contributed by atoms with Crippen LogP contribution in [0.25, 0.3) is 0 Å². The standard InChI is InChI=1S/C19H22BrN3O3/c1-13-10-15(6-9-17(13)20)22-19(25)12-23(2)11-18(24)21-14-4-7-16(26-3)8-5-14/h4-10H,11-12H2,1-3H3,(H,21,24)(H,22,25). The minimum atomic E-state index is -0.190. The Labute approximate surface area is 161 Å². The number of anilines is 2. The number of amides is 2. The maximum atomic E-state index is 12.1. The molecule has 26 heavy (non-hydrogen) atoms. The zero-order valence-electron chi connectivity index (χ0n) is 15.0. The van der Waals surface area contributed by atoms with Gasteiger partial charge in [0.15, 0.2) is 0 Å². The van der Waals surface area contributed by atoms with E-state index in [2.05, 4.69) is 26.6 Å². The Kier molecular flexibility index (Phi) is 7.17. The molecule has 0 aliphatic carbocycles. The molecule has 0 saturated heterocycles. The van der Waals surface area contributed by atoms with Crippen LogP contribution in [0.1, 0.15) is 5.56 Å². The van der Waals surface area contributed by atoms with Crippen LogP contribution >= 0.6 is 15.9 Å². The lowest BCUT2D eigenvalue weighted by molar-refractivity contribution is -0.119. The molecule has 2 aromatic rings. The summed E-state index contributed by atoms with van der Waals surface area (Å²) in [4.78, 5) is 25.9. The van der Waals surface area contributed by atoms with E-state index < -0.39 is 0 Å². The Morgan fingerprint density at radius 3 is 2.08 bits per heavy atom. The summed E-state index contributed by atoms with van der Waals surface area (Å²) in [6.07, 6.45) is 0. The van der Waals surface area contributed by atoms with Gasteiger partial charge in [-0.1, -0.05) is 15.9 Å². The Morgan fingerprint density at radius 1 is 1.00 bits per heavy atom. The number of nitrogens with zero attached hydrogens (tertiary/aromatic N) is 1. The Hall–Kier alpha value is -2.38. The Balaban J connectivity index is 1.80. The second-order valence-electron chi connectivity index (χ2n) is 5.96. The Morgan fingerprint density at radius 2 is 1.54 bits per heavy atom. The third-order valence-corrected chi connectivity index (χ3v) is 4.53. The number of likely N-dealkylation sites (N-methyl/N-ethyl adjacent to an activating group) is 1. The molecule has 0 bridgehead atoms. The number of benzene rings is 2. The van der Waals surface area contributed by atoms with Crippen molar-refractivity contribution in [2.24, 2.45) is 0 Å². The third kappa shape index (κ3) is 6.16. The average Bonchev–Trinajstić information content (AvgIpc) is 2.58. The second-order valence-corrected chi connectivity index (χ2v) is 6.82. The number of halogens is 1. The van der Waals surface area contributed by atoms with Crippen molar-refractivity contribution >= 4 is 39.1 Å². The van der Waals surface area contributed by atoms with Crippen LogP contribution in [0.5, 0.6) is 5.75 Å². The fraction of sp³-hybridized carbons (Fsp3) is 0.263. The molecule has 0 radical (unpaired) electrons. The first-order valence-corrected chi connectivity index (χ1v) is 8.85. The monoisotopic (exact) mass is 419 g/mol. The zero-order chi connectivity index (χ0) is 19.1. The highest BCUT2D eigenvalue weighted by molar-refractivity contribution is 9.10. The maximum Gasteiger partial charge on any atom is 0.238 e. The van der Waals surface area contributed by atoms with Crippen LogP contribution in [0.15, 0.2) is 46.9 Å². The molecule has 7 heteroatoms. The lowest BCUT2D eigenvalue weighted by Crippen LogP contribution is -2.36. The van der Waals surface area contributed by atoms with Gasteiger partial charge in [0.25, 0.3) is 0 Å². The average molecular weight is 420 g/mol. The summed E-state index contributed by atoms with van der Waals surface area (Å²) in [5.41, 5.74) is 2.45. The first kappa shape index (κ1) is 19.9. The fourth-order valence-corrected chi connectivity index (χ4v) is 2.59. The largest absolute Gasteiger partial charge is 0.497 e. The van der Waals surface area contributed by atoms with Gasteiger partial charge in [0, 0.05) is 15.8 Å². The van der Waals surface area contributed by atoms with Gasteiger partial charge in [-0.05, 0) is 62.0 Å². The highest BCUT2D eigenvalue weighted by Crippen LogP contribution is 2.20. The molecule has 138 valence electrons. The molecule has 0 spiro atoms. The molecule has 2 N–H and O–H groups in total. The second kappa shape index (κ2) is 9.35. The SMILES string of the molecule is COc1ccc(NC(=O)CN(C)CC(=O)Nc2ccc(Br)c(C)c2)cc1. The predicted octanol–water partition coefficient (Wildman–Crippen LogP) is 3.28. The van der Waals surface area contributed by atoms with Crippen molar-refractivity contribution in [3.8, 4) is 5.75 Å². The molecule has 0 heterocycles. The van der Waals surface area contributed by atoms with Gasteiger partial charge in [0.1, 0.15) is 5.75 Å². The van der Waals surface area contributed by atoms with Crippen LogP contribution in [0.4, 0.5) is 11.4 Å². The minimum absolute atomic E-state index is 0.110. The molecule has 0 aromatic heterocycles. The fourth-order valence-electron chi connectivity index (χ4n) is 2.34. The number of aryl methyl sites for hydroxylation is 1. The van der Waals surface area contributed by atoms with Gasteiger partial charge in [-0.2, -0.15) is 0 Å². The van der Waals surface area contributed by atoms with Crippen LogP contribution in [0.3, 0.4) is 0 Å². The number of hydrogen-bond donors (Lipinski definition) is 2. The lowest BCUT2D eigenvalue weighted by atomic mass is 10.2. The van der Waals surface area contributed by atoms with Crippen molar-refractivity contribution in [1.82, 2.24) is 4.90 Å². The van der Waals surface area contributed by atoms with E-state index in [1.54, 1.807) is 43.3 Å². The topological polar surface area (TPSA) is 70.7 Å². The van der Waals surface area contributed by atoms with Crippen molar-refractivity contribution in [2.45, 2.75) is 6.92 Å². The molecule has 0 atom stereocenters. The summed E-state index contributed by atoms with van der Waals surface area (Å²) in [5, 5.41) is 5.62. The summed E-state index contributed by atoms with van der Waals surface area (Å²) in [6.45, 7) is 2.18. The van der Waals surface area contributed by atoms with Gasteiger partial charge in [-0.3, -0.25) is 14.5 Å². The van der Waals surface area contributed by atoms with Gasteiger partial charge < -0.3 is 15.4 Å². The summed E-state index contributed by atoms with van der Waals surface area (Å²) in [5.74, 6) is 0.358. The van der Waals surface area contributed by atoms with Gasteiger partial charge in [0.05, 0.1) is 20.2 Å². The molecule has 0 aliphatic rings. The van der Waals surface area contributed by atoms with Crippen LogP contribution in [-0.2, 0) is 9.59 Å². The smallest absolute Gasteiger partial charge is 0.238 e. The normalized spacial score (nSPS) is 10.5. The first-order valence-electron chi connectivity index (χ1n) is 8.06.